The average molecular weight is 230 g/mol. The lowest BCUT2D eigenvalue weighted by atomic mass is 10.1. The molecule has 0 aliphatic carbocycles. The summed E-state index contributed by atoms with van der Waals surface area (Å²) in [6.45, 7) is 0. The van der Waals surface area contributed by atoms with Crippen molar-refractivity contribution in [2.75, 3.05) is 20.0 Å². The number of nitrogens with zero attached hydrogens (tertiary/aromatic N) is 1. The number of ether oxygens (including phenoxy) is 2. The van der Waals surface area contributed by atoms with Gasteiger partial charge in [0.1, 0.15) is 5.75 Å². The Labute approximate surface area is 100 Å². The Balaban J connectivity index is 2.62. The van der Waals surface area contributed by atoms with E-state index >= 15 is 0 Å². The van der Waals surface area contributed by atoms with Crippen LogP contribution in [0.3, 0.4) is 0 Å². The number of nitrogens with two attached hydrogens (primary N) is 1. The highest BCUT2D eigenvalue weighted by atomic mass is 16.5. The van der Waals surface area contributed by atoms with E-state index in [1.165, 1.54) is 0 Å². The summed E-state index contributed by atoms with van der Waals surface area (Å²) in [5, 5.41) is 0. The van der Waals surface area contributed by atoms with Gasteiger partial charge in [0, 0.05) is 11.1 Å². The molecule has 2 N–H and O–H groups in total. The Hall–Kier alpha value is -2.23. The van der Waals surface area contributed by atoms with E-state index in [4.69, 9.17) is 15.2 Å². The van der Waals surface area contributed by atoms with Crippen LogP contribution >= 0.6 is 0 Å². The molecule has 4 nitrogen and oxygen atoms in total. The molecule has 0 saturated carbocycles. The predicted molar refractivity (Wildman–Crippen MR) is 67.2 cm³/mol. The summed E-state index contributed by atoms with van der Waals surface area (Å²) in [7, 11) is 3.21. The Morgan fingerprint density at radius 2 is 1.82 bits per heavy atom. The van der Waals surface area contributed by atoms with Gasteiger partial charge in [-0.25, -0.2) is 4.98 Å². The predicted octanol–water partition coefficient (Wildman–Crippen LogP) is 2.35. The molecule has 1 heterocycles. The molecule has 0 unspecified atom stereocenters. The van der Waals surface area contributed by atoms with Crippen molar-refractivity contribution in [2.24, 2.45) is 0 Å². The van der Waals surface area contributed by atoms with Crippen LogP contribution in [-0.2, 0) is 0 Å². The molecule has 0 amide bonds. The second-order valence-electron chi connectivity index (χ2n) is 3.53. The van der Waals surface area contributed by atoms with E-state index in [9.17, 15) is 0 Å². The highest BCUT2D eigenvalue weighted by molar-refractivity contribution is 5.76. The number of para-hydroxylation sites is 1. The van der Waals surface area contributed by atoms with Crippen LogP contribution in [0.5, 0.6) is 11.6 Å². The molecule has 1 aromatic carbocycles. The number of pyridine rings is 1. The third-order valence-electron chi connectivity index (χ3n) is 2.46. The first-order chi connectivity index (χ1) is 8.26. The van der Waals surface area contributed by atoms with Gasteiger partial charge in [-0.2, -0.15) is 0 Å². The summed E-state index contributed by atoms with van der Waals surface area (Å²) in [4.78, 5) is 4.15. The minimum Gasteiger partial charge on any atom is -0.496 e. The second kappa shape index (κ2) is 4.74. The van der Waals surface area contributed by atoms with E-state index in [1.807, 2.05) is 30.3 Å². The van der Waals surface area contributed by atoms with E-state index in [1.54, 1.807) is 20.4 Å². The SMILES string of the molecule is COc1ccccc1-c1cc(N)cnc1OC. The Bertz CT molecular complexity index is 527. The summed E-state index contributed by atoms with van der Waals surface area (Å²) < 4.78 is 10.5. The van der Waals surface area contributed by atoms with Crippen molar-refractivity contribution in [3.05, 3.63) is 36.5 Å². The maximum atomic E-state index is 5.75. The number of hydrogen-bond acceptors (Lipinski definition) is 4. The van der Waals surface area contributed by atoms with Crippen LogP contribution in [0.1, 0.15) is 0 Å². The fourth-order valence-corrected chi connectivity index (χ4v) is 1.69. The number of aromatic nitrogens is 1. The van der Waals surface area contributed by atoms with Gasteiger partial charge < -0.3 is 15.2 Å². The largest absolute Gasteiger partial charge is 0.496 e. The molecule has 1 aromatic heterocycles. The maximum absolute atomic E-state index is 5.75. The lowest BCUT2D eigenvalue weighted by Gasteiger charge is -2.11. The first-order valence-corrected chi connectivity index (χ1v) is 5.19. The van der Waals surface area contributed by atoms with Crippen LogP contribution in [0.25, 0.3) is 11.1 Å². The van der Waals surface area contributed by atoms with Crippen LogP contribution in [0.4, 0.5) is 5.69 Å². The third-order valence-corrected chi connectivity index (χ3v) is 2.46. The van der Waals surface area contributed by atoms with Crippen LogP contribution in [0.15, 0.2) is 36.5 Å². The van der Waals surface area contributed by atoms with E-state index < -0.39 is 0 Å². The fraction of sp³-hybridized carbons (Fsp3) is 0.154. The molecule has 17 heavy (non-hydrogen) atoms. The zero-order chi connectivity index (χ0) is 12.3. The minimum atomic E-state index is 0.531. The lowest BCUT2D eigenvalue weighted by molar-refractivity contribution is 0.397. The van der Waals surface area contributed by atoms with Gasteiger partial charge >= 0.3 is 0 Å². The first kappa shape index (κ1) is 11.3. The molecule has 0 spiro atoms. The van der Waals surface area contributed by atoms with Gasteiger partial charge in [0.2, 0.25) is 5.88 Å². The number of hydrogen-bond donors (Lipinski definition) is 1. The van der Waals surface area contributed by atoms with Gasteiger partial charge in [-0.05, 0) is 12.1 Å². The monoisotopic (exact) mass is 230 g/mol. The molecule has 0 atom stereocenters. The topological polar surface area (TPSA) is 57.4 Å². The number of rotatable bonds is 3. The van der Waals surface area contributed by atoms with Crippen LogP contribution in [0, 0.1) is 0 Å². The van der Waals surface area contributed by atoms with Gasteiger partial charge in [-0.3, -0.25) is 0 Å². The number of benzene rings is 1. The summed E-state index contributed by atoms with van der Waals surface area (Å²) in [5.74, 6) is 1.29. The smallest absolute Gasteiger partial charge is 0.221 e. The van der Waals surface area contributed by atoms with Gasteiger partial charge in [0.05, 0.1) is 26.1 Å². The summed E-state index contributed by atoms with van der Waals surface area (Å²) >= 11 is 0. The van der Waals surface area contributed by atoms with Gasteiger partial charge in [-0.1, -0.05) is 18.2 Å². The van der Waals surface area contributed by atoms with Crippen molar-refractivity contribution in [3.8, 4) is 22.8 Å². The zero-order valence-electron chi connectivity index (χ0n) is 9.81. The fourth-order valence-electron chi connectivity index (χ4n) is 1.69. The zero-order valence-corrected chi connectivity index (χ0v) is 9.81. The molecular weight excluding hydrogens is 216 g/mol. The molecule has 4 heteroatoms. The summed E-state index contributed by atoms with van der Waals surface area (Å²) in [5.41, 5.74) is 8.07. The number of nitrogen functional groups attached to an aromatic ring is 1. The third kappa shape index (κ3) is 2.15. The van der Waals surface area contributed by atoms with Crippen LogP contribution < -0.4 is 15.2 Å². The van der Waals surface area contributed by atoms with E-state index in [2.05, 4.69) is 4.98 Å². The van der Waals surface area contributed by atoms with Gasteiger partial charge in [0.25, 0.3) is 0 Å². The highest BCUT2D eigenvalue weighted by Gasteiger charge is 2.11. The van der Waals surface area contributed by atoms with Crippen molar-refractivity contribution in [1.82, 2.24) is 4.98 Å². The van der Waals surface area contributed by atoms with Gasteiger partial charge in [-0.15, -0.1) is 0 Å². The molecule has 2 rings (SSSR count). The lowest BCUT2D eigenvalue weighted by Crippen LogP contribution is -1.96. The van der Waals surface area contributed by atoms with Crippen molar-refractivity contribution in [2.45, 2.75) is 0 Å². The molecule has 0 bridgehead atoms. The second-order valence-corrected chi connectivity index (χ2v) is 3.53. The maximum Gasteiger partial charge on any atom is 0.221 e. The van der Waals surface area contributed by atoms with E-state index in [-0.39, 0.29) is 0 Å². The van der Waals surface area contributed by atoms with Crippen LogP contribution in [-0.4, -0.2) is 19.2 Å². The number of methoxy groups -OCH3 is 2. The Kier molecular flexibility index (Phi) is 3.14. The Morgan fingerprint density at radius 3 is 2.53 bits per heavy atom. The van der Waals surface area contributed by atoms with Gasteiger partial charge in [0.15, 0.2) is 0 Å². The van der Waals surface area contributed by atoms with Crippen molar-refractivity contribution < 1.29 is 9.47 Å². The van der Waals surface area contributed by atoms with E-state index in [0.29, 0.717) is 11.6 Å². The normalized spacial score (nSPS) is 10.0. The molecule has 0 radical (unpaired) electrons. The van der Waals surface area contributed by atoms with E-state index in [0.717, 1.165) is 16.9 Å². The number of anilines is 1. The summed E-state index contributed by atoms with van der Waals surface area (Å²) in [6.07, 6.45) is 1.57. The van der Waals surface area contributed by atoms with Crippen molar-refractivity contribution in [3.63, 3.8) is 0 Å². The molecule has 2 aromatic rings. The summed E-state index contributed by atoms with van der Waals surface area (Å²) in [6, 6.07) is 9.49. The molecule has 0 fully saturated rings. The molecule has 88 valence electrons. The van der Waals surface area contributed by atoms with Crippen molar-refractivity contribution in [1.29, 1.82) is 0 Å². The quantitative estimate of drug-likeness (QED) is 0.879. The molecule has 0 aliphatic rings. The Morgan fingerprint density at radius 1 is 1.06 bits per heavy atom. The standard InChI is InChI=1S/C13H14N2O2/c1-16-12-6-4-3-5-10(12)11-7-9(14)8-15-13(11)17-2/h3-8H,14H2,1-2H3. The first-order valence-electron chi connectivity index (χ1n) is 5.19. The highest BCUT2D eigenvalue weighted by Crippen LogP contribution is 2.35. The molecule has 0 saturated heterocycles. The molecule has 0 aliphatic heterocycles. The van der Waals surface area contributed by atoms with Crippen molar-refractivity contribution >= 4 is 5.69 Å². The minimum absolute atomic E-state index is 0.531. The average Bonchev–Trinajstić information content (AvgIpc) is 2.38. The van der Waals surface area contributed by atoms with Crippen LogP contribution in [0.2, 0.25) is 0 Å². The molecular formula is C13H14N2O2.